The number of ether oxygens (including phenoxy) is 2. The molecule has 9 nitrogen and oxygen atoms in total. The van der Waals surface area contributed by atoms with E-state index in [4.69, 9.17) is 9.47 Å². The van der Waals surface area contributed by atoms with Gasteiger partial charge in [0.25, 0.3) is 0 Å². The first-order chi connectivity index (χ1) is 16.7. The molecule has 1 N–H and O–H groups in total. The molecule has 2 aromatic rings. The molecule has 0 radical (unpaired) electrons. The quantitative estimate of drug-likeness (QED) is 0.489. The molecule has 1 atom stereocenters. The van der Waals surface area contributed by atoms with Gasteiger partial charge in [0.2, 0.25) is 21.8 Å². The molecule has 1 unspecified atom stereocenters. The SMILES string of the molecule is CCOc1ccc(N(CC(=O)N(Cc2cccc(OC)c2)C(C)C(=O)NC(C)(C)C)S(C)(=O)=O)cc1. The number of methoxy groups -OCH3 is 1. The monoisotopic (exact) mass is 519 g/mol. The van der Waals surface area contributed by atoms with E-state index in [-0.39, 0.29) is 12.5 Å². The highest BCUT2D eigenvalue weighted by atomic mass is 32.2. The van der Waals surface area contributed by atoms with E-state index in [1.165, 1.54) is 4.90 Å². The van der Waals surface area contributed by atoms with Crippen LogP contribution in [0.3, 0.4) is 0 Å². The molecule has 36 heavy (non-hydrogen) atoms. The van der Waals surface area contributed by atoms with Crippen molar-refractivity contribution in [2.24, 2.45) is 0 Å². The third-order valence-electron chi connectivity index (χ3n) is 5.27. The van der Waals surface area contributed by atoms with E-state index in [0.29, 0.717) is 23.8 Å². The summed E-state index contributed by atoms with van der Waals surface area (Å²) >= 11 is 0. The van der Waals surface area contributed by atoms with E-state index in [2.05, 4.69) is 5.32 Å². The molecule has 0 heterocycles. The average Bonchev–Trinajstić information content (AvgIpc) is 2.79. The average molecular weight is 520 g/mol. The molecule has 0 spiro atoms. The Labute approximate surface area is 214 Å². The molecule has 2 amide bonds. The van der Waals surface area contributed by atoms with Gasteiger partial charge in [-0.25, -0.2) is 8.42 Å². The van der Waals surface area contributed by atoms with Gasteiger partial charge in [0.15, 0.2) is 0 Å². The van der Waals surface area contributed by atoms with Crippen molar-refractivity contribution in [1.82, 2.24) is 10.2 Å². The van der Waals surface area contributed by atoms with Crippen LogP contribution < -0.4 is 19.1 Å². The number of carbonyl (C=O) groups excluding carboxylic acids is 2. The summed E-state index contributed by atoms with van der Waals surface area (Å²) in [5, 5.41) is 2.89. The summed E-state index contributed by atoms with van der Waals surface area (Å²) in [5.74, 6) is 0.339. The highest BCUT2D eigenvalue weighted by molar-refractivity contribution is 7.92. The number of carbonyl (C=O) groups is 2. The number of hydrogen-bond acceptors (Lipinski definition) is 6. The lowest BCUT2D eigenvalue weighted by Crippen LogP contribution is -2.54. The number of amides is 2. The van der Waals surface area contributed by atoms with Gasteiger partial charge in [-0.3, -0.25) is 13.9 Å². The zero-order valence-electron chi connectivity index (χ0n) is 22.1. The minimum absolute atomic E-state index is 0.0929. The summed E-state index contributed by atoms with van der Waals surface area (Å²) in [6.45, 7) is 9.13. The number of rotatable bonds is 11. The van der Waals surface area contributed by atoms with Gasteiger partial charge in [-0.1, -0.05) is 12.1 Å². The lowest BCUT2D eigenvalue weighted by atomic mass is 10.1. The first kappa shape index (κ1) is 29.0. The Bertz CT molecular complexity index is 1140. The molecule has 2 aromatic carbocycles. The number of nitrogens with zero attached hydrogens (tertiary/aromatic N) is 2. The van der Waals surface area contributed by atoms with Crippen LogP contribution in [0.25, 0.3) is 0 Å². The molecule has 198 valence electrons. The van der Waals surface area contributed by atoms with Crippen molar-refractivity contribution in [2.75, 3.05) is 30.8 Å². The minimum Gasteiger partial charge on any atom is -0.497 e. The molecule has 0 aliphatic carbocycles. The van der Waals surface area contributed by atoms with E-state index in [9.17, 15) is 18.0 Å². The smallest absolute Gasteiger partial charge is 0.244 e. The van der Waals surface area contributed by atoms with Gasteiger partial charge in [-0.15, -0.1) is 0 Å². The number of anilines is 1. The molecule has 0 aliphatic heterocycles. The summed E-state index contributed by atoms with van der Waals surface area (Å²) < 4.78 is 37.1. The fraction of sp³-hybridized carbons (Fsp3) is 0.462. The van der Waals surface area contributed by atoms with E-state index < -0.39 is 34.1 Å². The van der Waals surface area contributed by atoms with Crippen molar-refractivity contribution in [1.29, 1.82) is 0 Å². The van der Waals surface area contributed by atoms with E-state index >= 15 is 0 Å². The topological polar surface area (TPSA) is 105 Å². The summed E-state index contributed by atoms with van der Waals surface area (Å²) in [6.07, 6.45) is 1.04. The van der Waals surface area contributed by atoms with Crippen LogP contribution in [0.4, 0.5) is 5.69 Å². The molecule has 0 saturated heterocycles. The maximum Gasteiger partial charge on any atom is 0.244 e. The Hall–Kier alpha value is -3.27. The van der Waals surface area contributed by atoms with Crippen LogP contribution in [-0.4, -0.2) is 63.2 Å². The van der Waals surface area contributed by atoms with Crippen LogP contribution in [0.2, 0.25) is 0 Å². The summed E-state index contributed by atoms with van der Waals surface area (Å²) in [4.78, 5) is 28.0. The third kappa shape index (κ3) is 8.44. The van der Waals surface area contributed by atoms with Crippen LogP contribution in [0, 0.1) is 0 Å². The second-order valence-corrected chi connectivity index (χ2v) is 11.4. The van der Waals surface area contributed by atoms with E-state index in [1.54, 1.807) is 56.5 Å². The van der Waals surface area contributed by atoms with Crippen molar-refractivity contribution in [3.05, 3.63) is 54.1 Å². The van der Waals surface area contributed by atoms with Gasteiger partial charge in [0, 0.05) is 12.1 Å². The molecule has 10 heteroatoms. The molecular weight excluding hydrogens is 482 g/mol. The van der Waals surface area contributed by atoms with Gasteiger partial charge in [-0.2, -0.15) is 0 Å². The second kappa shape index (κ2) is 12.1. The van der Waals surface area contributed by atoms with E-state index in [0.717, 1.165) is 16.1 Å². The zero-order chi connectivity index (χ0) is 27.1. The van der Waals surface area contributed by atoms with Crippen LogP contribution in [0.5, 0.6) is 11.5 Å². The predicted octanol–water partition coefficient (Wildman–Crippen LogP) is 3.19. The molecule has 2 rings (SSSR count). The Morgan fingerprint density at radius 2 is 1.69 bits per heavy atom. The second-order valence-electron chi connectivity index (χ2n) is 9.48. The minimum atomic E-state index is -3.81. The lowest BCUT2D eigenvalue weighted by molar-refractivity contribution is -0.140. The number of sulfonamides is 1. The highest BCUT2D eigenvalue weighted by Crippen LogP contribution is 2.23. The summed E-state index contributed by atoms with van der Waals surface area (Å²) in [6, 6.07) is 12.8. The standard InChI is InChI=1S/C26H37N3O6S/c1-8-35-22-14-12-21(13-15-22)29(36(7,32)33)18-24(30)28(19(2)25(31)27-26(3,4)5)17-20-10-9-11-23(16-20)34-6/h9-16,19H,8,17-18H2,1-7H3,(H,27,31). The van der Waals surface area contributed by atoms with Gasteiger partial charge < -0.3 is 19.7 Å². The predicted molar refractivity (Wildman–Crippen MR) is 141 cm³/mol. The molecule has 0 aromatic heterocycles. The van der Waals surface area contributed by atoms with Crippen LogP contribution in [-0.2, 0) is 26.2 Å². The maximum atomic E-state index is 13.6. The molecule has 0 aliphatic rings. The Balaban J connectivity index is 2.40. The van der Waals surface area contributed by atoms with Crippen molar-refractivity contribution in [3.8, 4) is 11.5 Å². The molecule has 0 bridgehead atoms. The van der Waals surface area contributed by atoms with Gasteiger partial charge in [0.05, 0.1) is 25.7 Å². The first-order valence-electron chi connectivity index (χ1n) is 11.7. The van der Waals surface area contributed by atoms with Gasteiger partial charge >= 0.3 is 0 Å². The van der Waals surface area contributed by atoms with Crippen LogP contribution in [0.15, 0.2) is 48.5 Å². The fourth-order valence-electron chi connectivity index (χ4n) is 3.51. The Morgan fingerprint density at radius 1 is 1.06 bits per heavy atom. The maximum absolute atomic E-state index is 13.6. The van der Waals surface area contributed by atoms with Gasteiger partial charge in [0.1, 0.15) is 24.1 Å². The summed E-state index contributed by atoms with van der Waals surface area (Å²) in [5.41, 5.74) is 0.560. The number of benzene rings is 2. The first-order valence-corrected chi connectivity index (χ1v) is 13.5. The Kier molecular flexibility index (Phi) is 9.75. The third-order valence-corrected chi connectivity index (χ3v) is 6.41. The number of nitrogens with one attached hydrogen (secondary N) is 1. The summed E-state index contributed by atoms with van der Waals surface area (Å²) in [7, 11) is -2.26. The zero-order valence-corrected chi connectivity index (χ0v) is 22.9. The van der Waals surface area contributed by atoms with Crippen molar-refractivity contribution >= 4 is 27.5 Å². The fourth-order valence-corrected chi connectivity index (χ4v) is 4.36. The molecular formula is C26H37N3O6S. The van der Waals surface area contributed by atoms with Crippen LogP contribution in [0.1, 0.15) is 40.2 Å². The molecule has 0 fully saturated rings. The lowest BCUT2D eigenvalue weighted by Gasteiger charge is -2.33. The van der Waals surface area contributed by atoms with Crippen molar-refractivity contribution in [2.45, 2.75) is 52.7 Å². The van der Waals surface area contributed by atoms with Crippen LogP contribution >= 0.6 is 0 Å². The Morgan fingerprint density at radius 3 is 2.22 bits per heavy atom. The van der Waals surface area contributed by atoms with Crippen molar-refractivity contribution in [3.63, 3.8) is 0 Å². The highest BCUT2D eigenvalue weighted by Gasteiger charge is 2.31. The van der Waals surface area contributed by atoms with Crippen molar-refractivity contribution < 1.29 is 27.5 Å². The van der Waals surface area contributed by atoms with E-state index in [1.807, 2.05) is 33.8 Å². The largest absolute Gasteiger partial charge is 0.497 e. The van der Waals surface area contributed by atoms with Gasteiger partial charge in [-0.05, 0) is 76.6 Å². The normalized spacial score (nSPS) is 12.4. The number of hydrogen-bond donors (Lipinski definition) is 1. The molecule has 0 saturated carbocycles.